The van der Waals surface area contributed by atoms with E-state index in [0.29, 0.717) is 15.9 Å². The third-order valence-corrected chi connectivity index (χ3v) is 3.06. The fourth-order valence-electron chi connectivity index (χ4n) is 1.94. The molecule has 0 N–H and O–H groups in total. The van der Waals surface area contributed by atoms with Crippen LogP contribution in [0.15, 0.2) is 48.8 Å². The van der Waals surface area contributed by atoms with Crippen molar-refractivity contribution in [2.45, 2.75) is 0 Å². The summed E-state index contributed by atoms with van der Waals surface area (Å²) in [6, 6.07) is 9.73. The molecule has 1 aromatic carbocycles. The maximum atomic E-state index is 13.8. The van der Waals surface area contributed by atoms with Gasteiger partial charge in [0.15, 0.2) is 0 Å². The molecule has 0 radical (unpaired) electrons. The van der Waals surface area contributed by atoms with Crippen molar-refractivity contribution in [2.24, 2.45) is 0 Å². The minimum Gasteiger partial charge on any atom is -0.279 e. The summed E-state index contributed by atoms with van der Waals surface area (Å²) in [5.74, 6) is -0.862. The highest BCUT2D eigenvalue weighted by Gasteiger charge is 2.16. The number of aromatic nitrogens is 2. The topological polar surface area (TPSA) is 34.9 Å². The molecule has 94 valence electrons. The number of carbonyl (C=O) groups excluding carboxylic acids is 1. The Kier molecular flexibility index (Phi) is 2.80. The molecule has 2 aromatic heterocycles. The second-order valence-electron chi connectivity index (χ2n) is 4.03. The lowest BCUT2D eigenvalue weighted by molar-refractivity contribution is 0.0959. The van der Waals surface area contributed by atoms with Gasteiger partial charge in [0.1, 0.15) is 11.5 Å². The SMILES string of the molecule is O=C(c1ccccn1)n1cc(F)c2cc(Cl)ccc21. The van der Waals surface area contributed by atoms with E-state index in [2.05, 4.69) is 4.98 Å². The van der Waals surface area contributed by atoms with E-state index in [-0.39, 0.29) is 11.6 Å². The van der Waals surface area contributed by atoms with E-state index in [4.69, 9.17) is 11.6 Å². The number of benzene rings is 1. The van der Waals surface area contributed by atoms with Gasteiger partial charge in [0.25, 0.3) is 5.91 Å². The fraction of sp³-hybridized carbons (Fsp3) is 0. The average Bonchev–Trinajstić information content (AvgIpc) is 2.76. The zero-order valence-corrected chi connectivity index (χ0v) is 10.4. The van der Waals surface area contributed by atoms with Crippen molar-refractivity contribution >= 4 is 28.4 Å². The summed E-state index contributed by atoms with van der Waals surface area (Å²) in [4.78, 5) is 16.2. The molecular formula is C14H8ClFN2O. The van der Waals surface area contributed by atoms with Crippen LogP contribution in [0.4, 0.5) is 4.39 Å². The van der Waals surface area contributed by atoms with Gasteiger partial charge in [-0.05, 0) is 30.3 Å². The maximum absolute atomic E-state index is 13.8. The molecule has 2 heterocycles. The van der Waals surface area contributed by atoms with Crippen LogP contribution < -0.4 is 0 Å². The Morgan fingerprint density at radius 3 is 2.84 bits per heavy atom. The van der Waals surface area contributed by atoms with E-state index in [1.54, 1.807) is 30.3 Å². The van der Waals surface area contributed by atoms with Gasteiger partial charge >= 0.3 is 0 Å². The molecule has 0 unspecified atom stereocenters. The third kappa shape index (κ3) is 2.00. The standard InChI is InChI=1S/C14H8ClFN2O/c15-9-4-5-13-10(7-9)11(16)8-18(13)14(19)12-3-1-2-6-17-12/h1-8H. The van der Waals surface area contributed by atoms with Crippen LogP contribution in [0.5, 0.6) is 0 Å². The molecule has 5 heteroatoms. The normalized spacial score (nSPS) is 10.8. The van der Waals surface area contributed by atoms with E-state index in [0.717, 1.165) is 6.20 Å². The van der Waals surface area contributed by atoms with Crippen molar-refractivity contribution in [3.63, 3.8) is 0 Å². The van der Waals surface area contributed by atoms with Gasteiger partial charge in [-0.25, -0.2) is 4.39 Å². The first-order valence-electron chi connectivity index (χ1n) is 5.58. The number of carbonyl (C=O) groups is 1. The van der Waals surface area contributed by atoms with Crippen molar-refractivity contribution in [3.05, 3.63) is 65.3 Å². The molecule has 0 aliphatic heterocycles. The lowest BCUT2D eigenvalue weighted by atomic mass is 10.2. The lowest BCUT2D eigenvalue weighted by Crippen LogP contribution is -2.12. The van der Waals surface area contributed by atoms with E-state index >= 15 is 0 Å². The third-order valence-electron chi connectivity index (χ3n) is 2.82. The van der Waals surface area contributed by atoms with E-state index in [9.17, 15) is 9.18 Å². The number of hydrogen-bond acceptors (Lipinski definition) is 2. The Bertz CT molecular complexity index is 768. The largest absolute Gasteiger partial charge is 0.281 e. The minimum absolute atomic E-state index is 0.259. The Balaban J connectivity index is 2.19. The second-order valence-corrected chi connectivity index (χ2v) is 4.47. The van der Waals surface area contributed by atoms with Gasteiger partial charge in [-0.1, -0.05) is 17.7 Å². The number of pyridine rings is 1. The Labute approximate surface area is 113 Å². The Morgan fingerprint density at radius 1 is 1.26 bits per heavy atom. The van der Waals surface area contributed by atoms with Gasteiger partial charge < -0.3 is 0 Å². The highest BCUT2D eigenvalue weighted by Crippen LogP contribution is 2.24. The van der Waals surface area contributed by atoms with Crippen LogP contribution in [0, 0.1) is 5.82 Å². The first kappa shape index (κ1) is 11.9. The van der Waals surface area contributed by atoms with Crippen LogP contribution in [0.1, 0.15) is 10.5 Å². The zero-order valence-electron chi connectivity index (χ0n) is 9.68. The predicted octanol–water partition coefficient (Wildman–Crippen LogP) is 3.52. The fourth-order valence-corrected chi connectivity index (χ4v) is 2.11. The van der Waals surface area contributed by atoms with Crippen molar-refractivity contribution in [1.29, 1.82) is 0 Å². The van der Waals surface area contributed by atoms with Gasteiger partial charge in [0, 0.05) is 22.8 Å². The quantitative estimate of drug-likeness (QED) is 0.680. The monoisotopic (exact) mass is 274 g/mol. The van der Waals surface area contributed by atoms with Gasteiger partial charge in [-0.2, -0.15) is 0 Å². The summed E-state index contributed by atoms with van der Waals surface area (Å²) in [6.07, 6.45) is 2.67. The first-order chi connectivity index (χ1) is 9.16. The van der Waals surface area contributed by atoms with Crippen LogP contribution in [-0.4, -0.2) is 15.5 Å². The van der Waals surface area contributed by atoms with Crippen molar-refractivity contribution in [3.8, 4) is 0 Å². The van der Waals surface area contributed by atoms with Crippen LogP contribution in [0.2, 0.25) is 5.02 Å². The minimum atomic E-state index is -0.484. The van der Waals surface area contributed by atoms with E-state index in [1.807, 2.05) is 0 Å². The van der Waals surface area contributed by atoms with Crippen LogP contribution in [0.25, 0.3) is 10.9 Å². The lowest BCUT2D eigenvalue weighted by Gasteiger charge is -2.02. The van der Waals surface area contributed by atoms with Crippen LogP contribution in [-0.2, 0) is 0 Å². The molecule has 0 saturated carbocycles. The molecule has 0 saturated heterocycles. The number of nitrogens with zero attached hydrogens (tertiary/aromatic N) is 2. The number of halogens is 2. The van der Waals surface area contributed by atoms with E-state index in [1.165, 1.54) is 16.8 Å². The first-order valence-corrected chi connectivity index (χ1v) is 5.96. The van der Waals surface area contributed by atoms with E-state index < -0.39 is 5.82 Å². The number of hydrogen-bond donors (Lipinski definition) is 0. The molecule has 0 aliphatic rings. The molecule has 0 aliphatic carbocycles. The zero-order chi connectivity index (χ0) is 13.4. The van der Waals surface area contributed by atoms with Gasteiger partial charge in [-0.15, -0.1) is 0 Å². The number of rotatable bonds is 1. The molecule has 0 amide bonds. The van der Waals surface area contributed by atoms with Crippen LogP contribution in [0.3, 0.4) is 0 Å². The molecular weight excluding hydrogens is 267 g/mol. The van der Waals surface area contributed by atoms with Gasteiger partial charge in [0.2, 0.25) is 0 Å². The Hall–Kier alpha value is -2.20. The molecule has 3 nitrogen and oxygen atoms in total. The maximum Gasteiger partial charge on any atom is 0.281 e. The molecule has 0 spiro atoms. The second kappa shape index (κ2) is 4.48. The summed E-state index contributed by atoms with van der Waals surface area (Å²) in [7, 11) is 0. The summed E-state index contributed by atoms with van der Waals surface area (Å²) in [5, 5.41) is 0.742. The summed E-state index contributed by atoms with van der Waals surface area (Å²) in [6.45, 7) is 0. The van der Waals surface area contributed by atoms with Crippen molar-refractivity contribution in [1.82, 2.24) is 9.55 Å². The van der Waals surface area contributed by atoms with Crippen LogP contribution >= 0.6 is 11.6 Å². The van der Waals surface area contributed by atoms with Gasteiger partial charge in [0.05, 0.1) is 5.52 Å². The molecule has 0 fully saturated rings. The highest BCUT2D eigenvalue weighted by atomic mass is 35.5. The average molecular weight is 275 g/mol. The summed E-state index contributed by atoms with van der Waals surface area (Å²) < 4.78 is 15.1. The molecule has 3 rings (SSSR count). The summed E-state index contributed by atoms with van der Waals surface area (Å²) in [5.41, 5.74) is 0.729. The highest BCUT2D eigenvalue weighted by molar-refractivity contribution is 6.31. The number of fused-ring (bicyclic) bond motifs is 1. The predicted molar refractivity (Wildman–Crippen MR) is 70.9 cm³/mol. The molecule has 0 bridgehead atoms. The smallest absolute Gasteiger partial charge is 0.279 e. The molecule has 3 aromatic rings. The van der Waals surface area contributed by atoms with Crippen molar-refractivity contribution in [2.75, 3.05) is 0 Å². The van der Waals surface area contributed by atoms with Gasteiger partial charge in [-0.3, -0.25) is 14.3 Å². The van der Waals surface area contributed by atoms with Crippen molar-refractivity contribution < 1.29 is 9.18 Å². The Morgan fingerprint density at radius 2 is 2.11 bits per heavy atom. The summed E-state index contributed by atoms with van der Waals surface area (Å²) >= 11 is 5.82. The molecule has 0 atom stereocenters. The molecule has 19 heavy (non-hydrogen) atoms.